The standard InChI is InChI=1S/C20H26N2O/c1-5-22(18-9-6-15(2)7-10-18)13-12-21-20(23)19-11-8-16(3)14-17(19)4/h6-11,14H,5,12-13H2,1-4H3,(H,21,23). The molecule has 122 valence electrons. The quantitative estimate of drug-likeness (QED) is 0.878. The highest BCUT2D eigenvalue weighted by Gasteiger charge is 2.09. The molecule has 3 heteroatoms. The summed E-state index contributed by atoms with van der Waals surface area (Å²) in [6, 6.07) is 14.4. The number of rotatable bonds is 6. The first kappa shape index (κ1) is 17.1. The zero-order chi connectivity index (χ0) is 16.8. The van der Waals surface area contributed by atoms with E-state index < -0.39 is 0 Å². The molecule has 1 amide bonds. The van der Waals surface area contributed by atoms with Gasteiger partial charge in [-0.2, -0.15) is 0 Å². The lowest BCUT2D eigenvalue weighted by molar-refractivity contribution is 0.0954. The van der Waals surface area contributed by atoms with Gasteiger partial charge in [-0.3, -0.25) is 4.79 Å². The number of benzene rings is 2. The summed E-state index contributed by atoms with van der Waals surface area (Å²) in [5, 5.41) is 3.02. The van der Waals surface area contributed by atoms with E-state index in [4.69, 9.17) is 0 Å². The van der Waals surface area contributed by atoms with E-state index in [1.54, 1.807) is 0 Å². The summed E-state index contributed by atoms with van der Waals surface area (Å²) < 4.78 is 0. The molecule has 0 saturated carbocycles. The summed E-state index contributed by atoms with van der Waals surface area (Å²) >= 11 is 0. The van der Waals surface area contributed by atoms with Gasteiger partial charge in [-0.05, 0) is 51.5 Å². The van der Waals surface area contributed by atoms with E-state index in [-0.39, 0.29) is 5.91 Å². The summed E-state index contributed by atoms with van der Waals surface area (Å²) in [7, 11) is 0. The van der Waals surface area contributed by atoms with Gasteiger partial charge in [0.1, 0.15) is 0 Å². The number of nitrogens with one attached hydrogen (secondary N) is 1. The lowest BCUT2D eigenvalue weighted by Crippen LogP contribution is -2.35. The van der Waals surface area contributed by atoms with Gasteiger partial charge in [0.15, 0.2) is 0 Å². The minimum Gasteiger partial charge on any atom is -0.370 e. The fourth-order valence-electron chi connectivity index (χ4n) is 2.69. The molecule has 2 aromatic rings. The molecule has 0 radical (unpaired) electrons. The van der Waals surface area contributed by atoms with E-state index in [0.29, 0.717) is 6.54 Å². The molecule has 0 unspecified atom stereocenters. The lowest BCUT2D eigenvalue weighted by Gasteiger charge is -2.23. The summed E-state index contributed by atoms with van der Waals surface area (Å²) in [5.41, 5.74) is 5.41. The second kappa shape index (κ2) is 7.82. The van der Waals surface area contributed by atoms with Crippen LogP contribution in [-0.2, 0) is 0 Å². The number of anilines is 1. The normalized spacial score (nSPS) is 10.4. The summed E-state index contributed by atoms with van der Waals surface area (Å²) in [5.74, 6) is 0.00228. The molecule has 0 aliphatic carbocycles. The molecule has 0 spiro atoms. The van der Waals surface area contributed by atoms with Crippen LogP contribution in [0, 0.1) is 20.8 Å². The topological polar surface area (TPSA) is 32.3 Å². The molecule has 0 heterocycles. The number of likely N-dealkylation sites (N-methyl/N-ethyl adjacent to an activating group) is 1. The van der Waals surface area contributed by atoms with Crippen molar-refractivity contribution < 1.29 is 4.79 Å². The molecule has 2 aromatic carbocycles. The molecule has 2 rings (SSSR count). The van der Waals surface area contributed by atoms with Crippen LogP contribution < -0.4 is 10.2 Å². The second-order valence-electron chi connectivity index (χ2n) is 5.99. The summed E-state index contributed by atoms with van der Waals surface area (Å²) in [6.45, 7) is 10.6. The molecule has 23 heavy (non-hydrogen) atoms. The molecule has 0 atom stereocenters. The SMILES string of the molecule is CCN(CCNC(=O)c1ccc(C)cc1C)c1ccc(C)cc1. The fraction of sp³-hybridized carbons (Fsp3) is 0.350. The van der Waals surface area contributed by atoms with Gasteiger partial charge in [-0.15, -0.1) is 0 Å². The first-order valence-electron chi connectivity index (χ1n) is 8.18. The van der Waals surface area contributed by atoms with Crippen LogP contribution in [0.3, 0.4) is 0 Å². The monoisotopic (exact) mass is 310 g/mol. The predicted molar refractivity (Wildman–Crippen MR) is 97.3 cm³/mol. The van der Waals surface area contributed by atoms with Gasteiger partial charge in [-0.1, -0.05) is 35.4 Å². The highest BCUT2D eigenvalue weighted by Crippen LogP contribution is 2.14. The minimum atomic E-state index is 0.00228. The molecule has 0 saturated heterocycles. The van der Waals surface area contributed by atoms with E-state index in [1.165, 1.54) is 16.8 Å². The third-order valence-corrected chi connectivity index (χ3v) is 4.07. The van der Waals surface area contributed by atoms with Gasteiger partial charge in [0.2, 0.25) is 0 Å². The summed E-state index contributed by atoms with van der Waals surface area (Å²) in [4.78, 5) is 14.6. The van der Waals surface area contributed by atoms with Crippen molar-refractivity contribution >= 4 is 11.6 Å². The van der Waals surface area contributed by atoms with Gasteiger partial charge in [0.25, 0.3) is 5.91 Å². The molecular weight excluding hydrogens is 284 g/mol. The molecule has 0 aromatic heterocycles. The number of carbonyl (C=O) groups excluding carboxylic acids is 1. The van der Waals surface area contributed by atoms with Crippen molar-refractivity contribution in [2.24, 2.45) is 0 Å². The highest BCUT2D eigenvalue weighted by atomic mass is 16.1. The van der Waals surface area contributed by atoms with E-state index in [1.807, 2.05) is 32.0 Å². The number of hydrogen-bond acceptors (Lipinski definition) is 2. The van der Waals surface area contributed by atoms with Crippen molar-refractivity contribution in [2.75, 3.05) is 24.5 Å². The first-order chi connectivity index (χ1) is 11.0. The Morgan fingerprint density at radius 2 is 1.65 bits per heavy atom. The van der Waals surface area contributed by atoms with Gasteiger partial charge in [0.05, 0.1) is 0 Å². The van der Waals surface area contributed by atoms with Crippen LogP contribution in [0.5, 0.6) is 0 Å². The Balaban J connectivity index is 1.92. The molecule has 0 aliphatic rings. The van der Waals surface area contributed by atoms with Gasteiger partial charge < -0.3 is 10.2 Å². The molecule has 3 nitrogen and oxygen atoms in total. The van der Waals surface area contributed by atoms with Crippen molar-refractivity contribution in [2.45, 2.75) is 27.7 Å². The van der Waals surface area contributed by atoms with E-state index in [9.17, 15) is 4.79 Å². The smallest absolute Gasteiger partial charge is 0.251 e. The zero-order valence-corrected chi connectivity index (χ0v) is 14.5. The van der Waals surface area contributed by atoms with Crippen LogP contribution in [0.1, 0.15) is 34.0 Å². The number of carbonyl (C=O) groups is 1. The number of nitrogens with zero attached hydrogens (tertiary/aromatic N) is 1. The van der Waals surface area contributed by atoms with Crippen LogP contribution >= 0.6 is 0 Å². The third kappa shape index (κ3) is 4.59. The Kier molecular flexibility index (Phi) is 5.80. The Hall–Kier alpha value is -2.29. The average molecular weight is 310 g/mol. The average Bonchev–Trinajstić information content (AvgIpc) is 2.52. The van der Waals surface area contributed by atoms with Crippen molar-refractivity contribution in [3.63, 3.8) is 0 Å². The van der Waals surface area contributed by atoms with Crippen LogP contribution in [0.2, 0.25) is 0 Å². The fourth-order valence-corrected chi connectivity index (χ4v) is 2.69. The zero-order valence-electron chi connectivity index (χ0n) is 14.5. The Morgan fingerprint density at radius 3 is 2.26 bits per heavy atom. The maximum absolute atomic E-state index is 12.3. The van der Waals surface area contributed by atoms with Crippen LogP contribution in [0.25, 0.3) is 0 Å². The van der Waals surface area contributed by atoms with Crippen LogP contribution in [0.15, 0.2) is 42.5 Å². The molecule has 0 fully saturated rings. The Bertz CT molecular complexity index is 662. The third-order valence-electron chi connectivity index (χ3n) is 4.07. The Morgan fingerprint density at radius 1 is 1.00 bits per heavy atom. The van der Waals surface area contributed by atoms with Crippen LogP contribution in [-0.4, -0.2) is 25.5 Å². The van der Waals surface area contributed by atoms with E-state index >= 15 is 0 Å². The van der Waals surface area contributed by atoms with Gasteiger partial charge in [-0.25, -0.2) is 0 Å². The maximum Gasteiger partial charge on any atom is 0.251 e. The maximum atomic E-state index is 12.3. The Labute approximate surface area is 139 Å². The molecule has 1 N–H and O–H groups in total. The van der Waals surface area contributed by atoms with E-state index in [2.05, 4.69) is 48.3 Å². The molecular formula is C20H26N2O. The number of amides is 1. The van der Waals surface area contributed by atoms with Crippen molar-refractivity contribution in [1.82, 2.24) is 5.32 Å². The van der Waals surface area contributed by atoms with Crippen molar-refractivity contribution in [1.29, 1.82) is 0 Å². The first-order valence-corrected chi connectivity index (χ1v) is 8.18. The number of aryl methyl sites for hydroxylation is 3. The second-order valence-corrected chi connectivity index (χ2v) is 5.99. The van der Waals surface area contributed by atoms with Gasteiger partial charge in [0, 0.05) is 30.9 Å². The molecule has 0 bridgehead atoms. The predicted octanol–water partition coefficient (Wildman–Crippen LogP) is 3.87. The minimum absolute atomic E-state index is 0.00228. The van der Waals surface area contributed by atoms with E-state index in [0.717, 1.165) is 24.2 Å². The van der Waals surface area contributed by atoms with Crippen LogP contribution in [0.4, 0.5) is 5.69 Å². The lowest BCUT2D eigenvalue weighted by atomic mass is 10.1. The van der Waals surface area contributed by atoms with Gasteiger partial charge >= 0.3 is 0 Å². The van der Waals surface area contributed by atoms with Crippen molar-refractivity contribution in [3.05, 3.63) is 64.7 Å². The highest BCUT2D eigenvalue weighted by molar-refractivity contribution is 5.95. The summed E-state index contributed by atoms with van der Waals surface area (Å²) in [6.07, 6.45) is 0. The largest absolute Gasteiger partial charge is 0.370 e. The van der Waals surface area contributed by atoms with Crippen molar-refractivity contribution in [3.8, 4) is 0 Å². The number of hydrogen-bond donors (Lipinski definition) is 1. The molecule has 0 aliphatic heterocycles.